The van der Waals surface area contributed by atoms with E-state index in [2.05, 4.69) is 0 Å². The molecule has 0 fully saturated rings. The Morgan fingerprint density at radius 2 is 1.38 bits per heavy atom. The number of carboxylic acid groups (broad SMARTS) is 1. The summed E-state index contributed by atoms with van der Waals surface area (Å²) in [6.07, 6.45) is 4.79. The van der Waals surface area contributed by atoms with Gasteiger partial charge in [0.2, 0.25) is 0 Å². The largest absolute Gasteiger partial charge is 1.00 e. The van der Waals surface area contributed by atoms with Crippen molar-refractivity contribution in [1.82, 2.24) is 0 Å². The van der Waals surface area contributed by atoms with Crippen molar-refractivity contribution in [2.75, 3.05) is 13.1 Å². The van der Waals surface area contributed by atoms with Gasteiger partial charge in [-0.3, -0.25) is 9.36 Å². The van der Waals surface area contributed by atoms with Crippen molar-refractivity contribution >= 4 is 14.7 Å². The van der Waals surface area contributed by atoms with Crippen molar-refractivity contribution in [3.8, 4) is 0 Å². The summed E-state index contributed by atoms with van der Waals surface area (Å²) in [6.45, 7) is 2.73. The Morgan fingerprint density at radius 1 is 1.19 bits per heavy atom. The molecule has 0 rings (SSSR count). The zero-order chi connectivity index (χ0) is 12.5. The number of hydrogen-bond donors (Lipinski definition) is 3. The standard InChI is InChI=1S/C6H16N2.C2H4O2.Na.HO2P/c7-5-3-1-2-4-6-8;1-2(3)4;;1-3-2/h1-8H2;1H3,(H,3,4);;(H,1,2)/q;;+1;/p-1. The predicted molar refractivity (Wildman–Crippen MR) is 57.5 cm³/mol. The molecule has 16 heavy (non-hydrogen) atoms. The van der Waals surface area contributed by atoms with Gasteiger partial charge < -0.3 is 21.5 Å². The fourth-order valence-electron chi connectivity index (χ4n) is 0.642. The maximum atomic E-state index is 9.00. The molecular formula is C8H20N2NaO4P. The third kappa shape index (κ3) is 88.0. The van der Waals surface area contributed by atoms with Crippen molar-refractivity contribution in [1.29, 1.82) is 0 Å². The number of rotatable bonds is 5. The van der Waals surface area contributed by atoms with Crippen LogP contribution in [0, 0.1) is 0 Å². The topological polar surface area (TPSA) is 129 Å². The van der Waals surface area contributed by atoms with Crippen LogP contribution in [0.5, 0.6) is 0 Å². The molecule has 0 aromatic heterocycles. The SMILES string of the molecule is CC(=O)O.NCCCCCCN.O=P[O-].[Na+]. The van der Waals surface area contributed by atoms with Gasteiger partial charge in [-0.1, -0.05) is 12.8 Å². The molecule has 0 saturated carbocycles. The van der Waals surface area contributed by atoms with Crippen LogP contribution in [-0.2, 0) is 9.36 Å². The summed E-state index contributed by atoms with van der Waals surface area (Å²) < 4.78 is 8.35. The first kappa shape index (κ1) is 25.3. The Hall–Kier alpha value is 0.450. The van der Waals surface area contributed by atoms with Gasteiger partial charge in [0.05, 0.1) is 8.69 Å². The molecule has 0 aromatic carbocycles. The summed E-state index contributed by atoms with van der Waals surface area (Å²) >= 11 is 0. The molecular weight excluding hydrogens is 242 g/mol. The van der Waals surface area contributed by atoms with Crippen molar-refractivity contribution < 1.29 is 48.9 Å². The second kappa shape index (κ2) is 29.5. The van der Waals surface area contributed by atoms with Gasteiger partial charge >= 0.3 is 29.6 Å². The molecule has 0 spiro atoms. The number of unbranched alkanes of at least 4 members (excludes halogenated alkanes) is 3. The van der Waals surface area contributed by atoms with Crippen molar-refractivity contribution in [3.63, 3.8) is 0 Å². The molecule has 0 aliphatic carbocycles. The second-order valence-corrected chi connectivity index (χ2v) is 2.73. The zero-order valence-corrected chi connectivity index (χ0v) is 12.9. The predicted octanol–water partition coefficient (Wildman–Crippen LogP) is -2.89. The summed E-state index contributed by atoms with van der Waals surface area (Å²) in [6, 6.07) is 0. The van der Waals surface area contributed by atoms with Crippen LogP contribution in [0.1, 0.15) is 32.6 Å². The van der Waals surface area contributed by atoms with Crippen molar-refractivity contribution in [2.24, 2.45) is 11.5 Å². The smallest absolute Gasteiger partial charge is 0.772 e. The number of nitrogens with two attached hydrogens (primary N) is 2. The molecule has 6 nitrogen and oxygen atoms in total. The molecule has 0 aliphatic rings. The van der Waals surface area contributed by atoms with E-state index in [9.17, 15) is 0 Å². The third-order valence-corrected chi connectivity index (χ3v) is 1.16. The first-order valence-corrected chi connectivity index (χ1v) is 5.34. The fraction of sp³-hybridized carbons (Fsp3) is 0.875. The Bertz CT molecular complexity index is 131. The molecule has 92 valence electrons. The summed E-state index contributed by atoms with van der Waals surface area (Å²) in [4.78, 5) is 17.3. The first-order chi connectivity index (χ1) is 7.06. The maximum absolute atomic E-state index is 9.00. The van der Waals surface area contributed by atoms with Crippen LogP contribution in [0.3, 0.4) is 0 Å². The minimum absolute atomic E-state index is 0. The van der Waals surface area contributed by atoms with E-state index in [0.717, 1.165) is 32.9 Å². The van der Waals surface area contributed by atoms with E-state index in [-0.39, 0.29) is 29.6 Å². The van der Waals surface area contributed by atoms with Gasteiger partial charge in [0.25, 0.3) is 5.97 Å². The van der Waals surface area contributed by atoms with Crippen LogP contribution < -0.4 is 45.9 Å². The molecule has 5 N–H and O–H groups in total. The van der Waals surface area contributed by atoms with Gasteiger partial charge in [-0.15, -0.1) is 0 Å². The van der Waals surface area contributed by atoms with E-state index < -0.39 is 14.7 Å². The number of aliphatic carboxylic acids is 1. The number of carboxylic acids is 1. The van der Waals surface area contributed by atoms with Gasteiger partial charge in [0, 0.05) is 6.92 Å². The minimum Gasteiger partial charge on any atom is -0.772 e. The molecule has 8 heteroatoms. The zero-order valence-electron chi connectivity index (χ0n) is 10.0. The van der Waals surface area contributed by atoms with Gasteiger partial charge in [0.15, 0.2) is 0 Å². The Kier molecular flexibility index (Phi) is 46.8. The van der Waals surface area contributed by atoms with Gasteiger partial charge in [-0.25, -0.2) is 0 Å². The van der Waals surface area contributed by atoms with Crippen molar-refractivity contribution in [3.05, 3.63) is 0 Å². The Morgan fingerprint density at radius 3 is 1.50 bits per heavy atom. The van der Waals surface area contributed by atoms with Crippen molar-refractivity contribution in [2.45, 2.75) is 32.6 Å². The van der Waals surface area contributed by atoms with Crippen LogP contribution in [-0.4, -0.2) is 24.2 Å². The van der Waals surface area contributed by atoms with Crippen LogP contribution in [0.2, 0.25) is 0 Å². The Balaban J connectivity index is -0.0000000767. The van der Waals surface area contributed by atoms with E-state index in [1.807, 2.05) is 0 Å². The molecule has 0 atom stereocenters. The summed E-state index contributed by atoms with van der Waals surface area (Å²) in [5.74, 6) is -0.833. The third-order valence-electron chi connectivity index (χ3n) is 1.16. The maximum Gasteiger partial charge on any atom is 1.00 e. The molecule has 0 aromatic rings. The fourth-order valence-corrected chi connectivity index (χ4v) is 0.642. The average Bonchev–Trinajstić information content (AvgIpc) is 2.13. The number of carbonyl (C=O) groups is 1. The molecule has 0 bridgehead atoms. The van der Waals surface area contributed by atoms with E-state index in [0.29, 0.717) is 0 Å². The molecule has 0 heterocycles. The minimum atomic E-state index is -1.08. The summed E-state index contributed by atoms with van der Waals surface area (Å²) in [5.41, 5.74) is 10.6. The van der Waals surface area contributed by atoms with Crippen LogP contribution >= 0.6 is 8.69 Å². The van der Waals surface area contributed by atoms with Crippen LogP contribution in [0.4, 0.5) is 0 Å². The van der Waals surface area contributed by atoms with E-state index in [4.69, 9.17) is 30.8 Å². The average molecular weight is 262 g/mol. The molecule has 0 aliphatic heterocycles. The normalized spacial score (nSPS) is 7.75. The van der Waals surface area contributed by atoms with E-state index >= 15 is 0 Å². The second-order valence-electron chi connectivity index (χ2n) is 2.59. The summed E-state index contributed by atoms with van der Waals surface area (Å²) in [7, 11) is -1.08. The quantitative estimate of drug-likeness (QED) is 0.277. The number of hydrogen-bond acceptors (Lipinski definition) is 5. The molecule has 0 saturated heterocycles. The summed E-state index contributed by atoms with van der Waals surface area (Å²) in [5, 5.41) is 7.42. The van der Waals surface area contributed by atoms with Crippen LogP contribution in [0.25, 0.3) is 0 Å². The van der Waals surface area contributed by atoms with E-state index in [1.165, 1.54) is 12.8 Å². The van der Waals surface area contributed by atoms with E-state index in [1.54, 1.807) is 0 Å². The monoisotopic (exact) mass is 262 g/mol. The molecule has 0 amide bonds. The van der Waals surface area contributed by atoms with Gasteiger partial charge in [-0.05, 0) is 25.9 Å². The Labute approximate surface area is 120 Å². The van der Waals surface area contributed by atoms with Gasteiger partial charge in [-0.2, -0.15) is 0 Å². The molecule has 0 radical (unpaired) electrons. The van der Waals surface area contributed by atoms with Gasteiger partial charge in [0.1, 0.15) is 0 Å². The molecule has 0 unspecified atom stereocenters. The first-order valence-electron chi connectivity index (χ1n) is 4.61. The van der Waals surface area contributed by atoms with Crippen LogP contribution in [0.15, 0.2) is 0 Å².